The molecule has 0 saturated carbocycles. The first-order chi connectivity index (χ1) is 15.3. The Morgan fingerprint density at radius 1 is 0.656 bits per heavy atom. The summed E-state index contributed by atoms with van der Waals surface area (Å²) in [6, 6.07) is 12.1. The summed E-state index contributed by atoms with van der Waals surface area (Å²) in [5, 5.41) is 20.4. The smallest absolute Gasteiger partial charge is 0.162 e. The largest absolute Gasteiger partial charge is 0.504 e. The Hall–Kier alpha value is -2.76. The third kappa shape index (κ3) is 4.69. The number of phenolic OH excluding ortho intramolecular Hbond substituents is 2. The van der Waals surface area contributed by atoms with Crippen molar-refractivity contribution in [3.63, 3.8) is 0 Å². The second-order valence-corrected chi connectivity index (χ2v) is 8.78. The summed E-state index contributed by atoms with van der Waals surface area (Å²) in [6.45, 7) is 14.2. The monoisotopic (exact) mass is 442 g/mol. The number of benzene rings is 2. The third-order valence-corrected chi connectivity index (χ3v) is 6.56. The molecule has 0 bridgehead atoms. The predicted octanol–water partition coefficient (Wildman–Crippen LogP) is 5.56. The average Bonchev–Trinajstić information content (AvgIpc) is 2.78. The normalized spacial score (nSPS) is 23.3. The standard InChI is InChI=1S/C26H38N2O4/c1-7-13-31-25-15-21(9-11-23(25)29)27-17(3)19(5)28(20(6)18(27)4)22-10-12-24(30)26(16-22)32-14-8-2/h9-12,15-20,29-30H,7-8,13-14H2,1-6H3. The van der Waals surface area contributed by atoms with E-state index in [1.54, 1.807) is 12.1 Å². The van der Waals surface area contributed by atoms with E-state index in [1.165, 1.54) is 0 Å². The van der Waals surface area contributed by atoms with Gasteiger partial charge in [-0.3, -0.25) is 0 Å². The molecule has 6 heteroatoms. The lowest BCUT2D eigenvalue weighted by molar-refractivity contribution is 0.297. The topological polar surface area (TPSA) is 65.4 Å². The Labute approximate surface area is 192 Å². The minimum absolute atomic E-state index is 0.172. The van der Waals surface area contributed by atoms with Gasteiger partial charge in [0.1, 0.15) is 0 Å². The molecular formula is C26H38N2O4. The highest BCUT2D eigenvalue weighted by Gasteiger charge is 2.40. The molecule has 0 aromatic heterocycles. The number of hydrogen-bond donors (Lipinski definition) is 2. The quantitative estimate of drug-likeness (QED) is 0.558. The Kier molecular flexibility index (Phi) is 7.64. The lowest BCUT2D eigenvalue weighted by atomic mass is 9.92. The van der Waals surface area contributed by atoms with Crippen molar-refractivity contribution >= 4 is 11.4 Å². The Morgan fingerprint density at radius 2 is 1.00 bits per heavy atom. The number of hydrogen-bond acceptors (Lipinski definition) is 6. The number of phenols is 2. The van der Waals surface area contributed by atoms with Gasteiger partial charge in [0, 0.05) is 47.7 Å². The number of nitrogens with zero attached hydrogens (tertiary/aromatic N) is 2. The molecule has 0 amide bonds. The highest BCUT2D eigenvalue weighted by molar-refractivity contribution is 5.62. The Balaban J connectivity index is 1.91. The van der Waals surface area contributed by atoms with E-state index in [-0.39, 0.29) is 35.7 Å². The van der Waals surface area contributed by atoms with E-state index in [9.17, 15) is 10.2 Å². The van der Waals surface area contributed by atoms with Gasteiger partial charge in [0.15, 0.2) is 23.0 Å². The molecule has 2 aromatic rings. The van der Waals surface area contributed by atoms with Gasteiger partial charge in [-0.1, -0.05) is 13.8 Å². The van der Waals surface area contributed by atoms with Gasteiger partial charge in [0.25, 0.3) is 0 Å². The molecule has 1 aliphatic rings. The number of rotatable bonds is 8. The zero-order valence-electron chi connectivity index (χ0n) is 20.2. The molecule has 0 spiro atoms. The minimum Gasteiger partial charge on any atom is -0.504 e. The SMILES string of the molecule is CCCOc1cc(N2C(C)C(C)N(c3ccc(O)c(OCCC)c3)C(C)C2C)ccc1O. The van der Waals surface area contributed by atoms with Crippen molar-refractivity contribution in [2.24, 2.45) is 0 Å². The van der Waals surface area contributed by atoms with Gasteiger partial charge in [-0.15, -0.1) is 0 Å². The molecule has 0 radical (unpaired) electrons. The molecule has 2 aromatic carbocycles. The van der Waals surface area contributed by atoms with Crippen LogP contribution in [0, 0.1) is 0 Å². The maximum absolute atomic E-state index is 10.2. The van der Waals surface area contributed by atoms with Crippen molar-refractivity contribution in [3.05, 3.63) is 36.4 Å². The van der Waals surface area contributed by atoms with Gasteiger partial charge in [0.2, 0.25) is 0 Å². The van der Waals surface area contributed by atoms with Crippen LogP contribution in [0.1, 0.15) is 54.4 Å². The van der Waals surface area contributed by atoms with Crippen LogP contribution >= 0.6 is 0 Å². The second kappa shape index (κ2) is 10.2. The molecule has 1 fully saturated rings. The van der Waals surface area contributed by atoms with Gasteiger partial charge in [-0.25, -0.2) is 0 Å². The minimum atomic E-state index is 0.172. The van der Waals surface area contributed by atoms with Crippen LogP contribution in [0.5, 0.6) is 23.0 Å². The maximum Gasteiger partial charge on any atom is 0.162 e. The van der Waals surface area contributed by atoms with Crippen molar-refractivity contribution in [2.75, 3.05) is 23.0 Å². The molecule has 0 aliphatic carbocycles. The summed E-state index contributed by atoms with van der Waals surface area (Å²) in [7, 11) is 0. The lowest BCUT2D eigenvalue weighted by Crippen LogP contribution is -2.66. The molecular weight excluding hydrogens is 404 g/mol. The van der Waals surface area contributed by atoms with Crippen molar-refractivity contribution in [1.29, 1.82) is 0 Å². The van der Waals surface area contributed by atoms with Crippen LogP contribution in [0.25, 0.3) is 0 Å². The zero-order chi connectivity index (χ0) is 23.4. The first-order valence-electron chi connectivity index (χ1n) is 11.8. The van der Waals surface area contributed by atoms with Gasteiger partial charge >= 0.3 is 0 Å². The zero-order valence-corrected chi connectivity index (χ0v) is 20.2. The first-order valence-corrected chi connectivity index (χ1v) is 11.8. The van der Waals surface area contributed by atoms with Gasteiger partial charge in [-0.2, -0.15) is 0 Å². The summed E-state index contributed by atoms with van der Waals surface area (Å²) in [5.74, 6) is 1.40. The van der Waals surface area contributed by atoms with Crippen molar-refractivity contribution in [1.82, 2.24) is 0 Å². The van der Waals surface area contributed by atoms with E-state index >= 15 is 0 Å². The van der Waals surface area contributed by atoms with Crippen molar-refractivity contribution < 1.29 is 19.7 Å². The van der Waals surface area contributed by atoms with Crippen molar-refractivity contribution in [2.45, 2.75) is 78.6 Å². The average molecular weight is 443 g/mol. The summed E-state index contributed by atoms with van der Waals surface area (Å²) >= 11 is 0. The van der Waals surface area contributed by atoms with E-state index in [0.717, 1.165) is 24.2 Å². The highest BCUT2D eigenvalue weighted by atomic mass is 16.5. The summed E-state index contributed by atoms with van der Waals surface area (Å²) in [5.41, 5.74) is 2.09. The fourth-order valence-electron chi connectivity index (χ4n) is 4.59. The summed E-state index contributed by atoms with van der Waals surface area (Å²) < 4.78 is 11.5. The van der Waals surface area contributed by atoms with E-state index < -0.39 is 0 Å². The van der Waals surface area contributed by atoms with Crippen molar-refractivity contribution in [3.8, 4) is 23.0 Å². The molecule has 1 saturated heterocycles. The molecule has 1 aliphatic heterocycles. The second-order valence-electron chi connectivity index (χ2n) is 8.78. The number of aromatic hydroxyl groups is 2. The van der Waals surface area contributed by atoms with E-state index in [0.29, 0.717) is 24.7 Å². The van der Waals surface area contributed by atoms with E-state index in [2.05, 4.69) is 51.3 Å². The lowest BCUT2D eigenvalue weighted by Gasteiger charge is -2.55. The van der Waals surface area contributed by atoms with Crippen LogP contribution in [-0.4, -0.2) is 47.6 Å². The molecule has 32 heavy (non-hydrogen) atoms. The van der Waals surface area contributed by atoms with Gasteiger partial charge in [-0.05, 0) is 64.8 Å². The predicted molar refractivity (Wildman–Crippen MR) is 131 cm³/mol. The summed E-state index contributed by atoms with van der Waals surface area (Å²) in [6.07, 6.45) is 1.78. The molecule has 1 heterocycles. The molecule has 3 rings (SSSR count). The Bertz CT molecular complexity index is 814. The van der Waals surface area contributed by atoms with Crippen LogP contribution < -0.4 is 19.3 Å². The Morgan fingerprint density at radius 3 is 1.31 bits per heavy atom. The highest BCUT2D eigenvalue weighted by Crippen LogP contribution is 2.40. The number of piperazine rings is 1. The van der Waals surface area contributed by atoms with Crippen LogP contribution in [0.4, 0.5) is 11.4 Å². The maximum atomic E-state index is 10.2. The molecule has 6 nitrogen and oxygen atoms in total. The first kappa shape index (κ1) is 23.9. The molecule has 4 atom stereocenters. The third-order valence-electron chi connectivity index (χ3n) is 6.56. The summed E-state index contributed by atoms with van der Waals surface area (Å²) in [4.78, 5) is 4.83. The van der Waals surface area contributed by atoms with Gasteiger partial charge < -0.3 is 29.5 Å². The van der Waals surface area contributed by atoms with Gasteiger partial charge in [0.05, 0.1) is 13.2 Å². The fraction of sp³-hybridized carbons (Fsp3) is 0.538. The van der Waals surface area contributed by atoms with Crippen LogP contribution in [-0.2, 0) is 0 Å². The van der Waals surface area contributed by atoms with E-state index in [4.69, 9.17) is 9.47 Å². The molecule has 176 valence electrons. The number of anilines is 2. The van der Waals surface area contributed by atoms with Crippen LogP contribution in [0.3, 0.4) is 0 Å². The van der Waals surface area contributed by atoms with Crippen LogP contribution in [0.15, 0.2) is 36.4 Å². The fourth-order valence-corrected chi connectivity index (χ4v) is 4.59. The molecule has 2 N–H and O–H groups in total. The van der Waals surface area contributed by atoms with E-state index in [1.807, 2.05) is 24.3 Å². The molecule has 4 unspecified atom stereocenters. The number of ether oxygens (including phenoxy) is 2. The van der Waals surface area contributed by atoms with Crippen LogP contribution in [0.2, 0.25) is 0 Å².